The summed E-state index contributed by atoms with van der Waals surface area (Å²) in [5.41, 5.74) is 13.0. The van der Waals surface area contributed by atoms with Crippen LogP contribution in [0.3, 0.4) is 0 Å². The van der Waals surface area contributed by atoms with Crippen molar-refractivity contribution in [3.63, 3.8) is 0 Å². The van der Waals surface area contributed by atoms with Crippen LogP contribution in [0.2, 0.25) is 0 Å². The van der Waals surface area contributed by atoms with Crippen molar-refractivity contribution in [2.45, 2.75) is 19.4 Å². The fourth-order valence-electron chi connectivity index (χ4n) is 1.47. The third kappa shape index (κ3) is 3.55. The minimum atomic E-state index is -0.563. The average molecular weight is 221 g/mol. The minimum Gasteiger partial charge on any atom is -0.375 e. The molecule has 1 aromatic rings. The molecule has 0 bridgehead atoms. The van der Waals surface area contributed by atoms with E-state index in [9.17, 15) is 4.79 Å². The van der Waals surface area contributed by atoms with Crippen molar-refractivity contribution in [3.8, 4) is 0 Å². The molecule has 1 aromatic carbocycles. The first-order valence-electron chi connectivity index (χ1n) is 5.33. The average Bonchev–Trinajstić information content (AvgIpc) is 2.25. The minimum absolute atomic E-state index is 0.447. The molecule has 0 fully saturated rings. The zero-order chi connectivity index (χ0) is 12.1. The molecule has 88 valence electrons. The normalized spacial score (nSPS) is 12.2. The monoisotopic (exact) mass is 221 g/mol. The Kier molecular flexibility index (Phi) is 4.31. The summed E-state index contributed by atoms with van der Waals surface area (Å²) < 4.78 is 0. The third-order valence-corrected chi connectivity index (χ3v) is 2.58. The molecule has 0 aliphatic carbocycles. The number of anilines is 1. The van der Waals surface area contributed by atoms with Gasteiger partial charge in [-0.25, -0.2) is 0 Å². The Morgan fingerprint density at radius 2 is 2.19 bits per heavy atom. The number of aryl methyl sites for hydroxylation is 1. The van der Waals surface area contributed by atoms with Crippen molar-refractivity contribution in [1.82, 2.24) is 0 Å². The van der Waals surface area contributed by atoms with Crippen molar-refractivity contribution in [2.24, 2.45) is 11.5 Å². The second-order valence-electron chi connectivity index (χ2n) is 4.06. The number of carbonyl (C=O) groups excluding carboxylic acids is 1. The number of carbonyl (C=O) groups is 1. The molecule has 0 saturated carbocycles. The van der Waals surface area contributed by atoms with E-state index >= 15 is 0 Å². The van der Waals surface area contributed by atoms with Crippen molar-refractivity contribution in [3.05, 3.63) is 29.8 Å². The number of nitrogens with zero attached hydrogens (tertiary/aromatic N) is 1. The molecule has 0 saturated heterocycles. The number of hydrogen-bond donors (Lipinski definition) is 2. The van der Waals surface area contributed by atoms with Crippen LogP contribution in [0, 0.1) is 6.92 Å². The lowest BCUT2D eigenvalue weighted by Gasteiger charge is -2.20. The lowest BCUT2D eigenvalue weighted by molar-refractivity contribution is -0.119. The quantitative estimate of drug-likeness (QED) is 0.766. The number of amides is 1. The molecule has 0 heterocycles. The molecule has 4 nitrogen and oxygen atoms in total. The van der Waals surface area contributed by atoms with E-state index in [1.54, 1.807) is 0 Å². The van der Waals surface area contributed by atoms with E-state index in [-0.39, 0.29) is 0 Å². The molecule has 1 unspecified atom stereocenters. The van der Waals surface area contributed by atoms with Gasteiger partial charge in [-0.3, -0.25) is 4.79 Å². The van der Waals surface area contributed by atoms with Gasteiger partial charge in [0.05, 0.1) is 6.04 Å². The smallest absolute Gasteiger partial charge is 0.234 e. The Morgan fingerprint density at radius 1 is 1.50 bits per heavy atom. The highest BCUT2D eigenvalue weighted by Crippen LogP contribution is 2.14. The number of nitrogens with two attached hydrogens (primary N) is 2. The highest BCUT2D eigenvalue weighted by Gasteiger charge is 2.10. The predicted octanol–water partition coefficient (Wildman–Crippen LogP) is 0.634. The Morgan fingerprint density at radius 3 is 2.75 bits per heavy atom. The van der Waals surface area contributed by atoms with Gasteiger partial charge in [-0.2, -0.15) is 0 Å². The molecular weight excluding hydrogens is 202 g/mol. The van der Waals surface area contributed by atoms with Crippen LogP contribution in [0.25, 0.3) is 0 Å². The standard InChI is InChI=1S/C12H19N3O/c1-9-4-3-5-10(8-9)15(2)7-6-11(13)12(14)16/h3-5,8,11H,6-7,13H2,1-2H3,(H2,14,16). The fourth-order valence-corrected chi connectivity index (χ4v) is 1.47. The number of rotatable bonds is 5. The van der Waals surface area contributed by atoms with Crippen LogP contribution in [0.1, 0.15) is 12.0 Å². The number of hydrogen-bond acceptors (Lipinski definition) is 3. The topological polar surface area (TPSA) is 72.3 Å². The van der Waals surface area contributed by atoms with Gasteiger partial charge in [0, 0.05) is 19.3 Å². The Bertz CT molecular complexity index is 365. The van der Waals surface area contributed by atoms with Gasteiger partial charge in [-0.1, -0.05) is 12.1 Å². The van der Waals surface area contributed by atoms with E-state index < -0.39 is 11.9 Å². The zero-order valence-electron chi connectivity index (χ0n) is 9.81. The molecule has 4 N–H and O–H groups in total. The maximum atomic E-state index is 10.8. The van der Waals surface area contributed by atoms with Gasteiger partial charge in [0.25, 0.3) is 0 Å². The molecule has 16 heavy (non-hydrogen) atoms. The maximum Gasteiger partial charge on any atom is 0.234 e. The summed E-state index contributed by atoms with van der Waals surface area (Å²) in [7, 11) is 1.97. The van der Waals surface area contributed by atoms with Gasteiger partial charge in [0.1, 0.15) is 0 Å². The molecule has 0 aromatic heterocycles. The van der Waals surface area contributed by atoms with Gasteiger partial charge < -0.3 is 16.4 Å². The summed E-state index contributed by atoms with van der Waals surface area (Å²) in [4.78, 5) is 12.8. The summed E-state index contributed by atoms with van der Waals surface area (Å²) in [5, 5.41) is 0. The van der Waals surface area contributed by atoms with Crippen LogP contribution in [0.5, 0.6) is 0 Å². The first kappa shape index (κ1) is 12.5. The largest absolute Gasteiger partial charge is 0.375 e. The van der Waals surface area contributed by atoms with E-state index in [0.717, 1.165) is 5.69 Å². The van der Waals surface area contributed by atoms with Gasteiger partial charge in [0.2, 0.25) is 5.91 Å². The van der Waals surface area contributed by atoms with Crippen molar-refractivity contribution in [1.29, 1.82) is 0 Å². The summed E-state index contributed by atoms with van der Waals surface area (Å²) in [6, 6.07) is 7.62. The van der Waals surface area contributed by atoms with E-state index in [1.165, 1.54) is 5.56 Å². The van der Waals surface area contributed by atoms with Crippen molar-refractivity contribution >= 4 is 11.6 Å². The van der Waals surface area contributed by atoms with Gasteiger partial charge in [-0.05, 0) is 31.0 Å². The van der Waals surface area contributed by atoms with Crippen LogP contribution in [-0.4, -0.2) is 25.5 Å². The summed E-state index contributed by atoms with van der Waals surface area (Å²) >= 11 is 0. The van der Waals surface area contributed by atoms with Crippen LogP contribution in [-0.2, 0) is 4.79 Å². The molecule has 1 rings (SSSR count). The van der Waals surface area contributed by atoms with E-state index in [2.05, 4.69) is 11.0 Å². The molecule has 0 aliphatic rings. The molecular formula is C12H19N3O. The molecule has 1 atom stereocenters. The van der Waals surface area contributed by atoms with E-state index in [1.807, 2.05) is 32.2 Å². The second-order valence-corrected chi connectivity index (χ2v) is 4.06. The van der Waals surface area contributed by atoms with Crippen LogP contribution >= 0.6 is 0 Å². The summed E-state index contributed by atoms with van der Waals surface area (Å²) in [6.07, 6.45) is 0.569. The number of primary amides is 1. The lowest BCUT2D eigenvalue weighted by Crippen LogP contribution is -2.39. The first-order chi connectivity index (χ1) is 7.50. The Labute approximate surface area is 96.2 Å². The number of benzene rings is 1. The predicted molar refractivity (Wildman–Crippen MR) is 66.2 cm³/mol. The van der Waals surface area contributed by atoms with Gasteiger partial charge >= 0.3 is 0 Å². The second kappa shape index (κ2) is 5.51. The first-order valence-corrected chi connectivity index (χ1v) is 5.33. The molecule has 1 amide bonds. The Balaban J connectivity index is 2.52. The van der Waals surface area contributed by atoms with Gasteiger partial charge in [0.15, 0.2) is 0 Å². The molecule has 0 radical (unpaired) electrons. The SMILES string of the molecule is Cc1cccc(N(C)CCC(N)C(N)=O)c1. The maximum absolute atomic E-state index is 10.8. The van der Waals surface area contributed by atoms with E-state index in [0.29, 0.717) is 13.0 Å². The van der Waals surface area contributed by atoms with Crippen LogP contribution in [0.15, 0.2) is 24.3 Å². The zero-order valence-corrected chi connectivity index (χ0v) is 9.81. The summed E-state index contributed by atoms with van der Waals surface area (Å²) in [6.45, 7) is 2.76. The molecule has 0 spiro atoms. The molecule has 0 aliphatic heterocycles. The third-order valence-electron chi connectivity index (χ3n) is 2.58. The van der Waals surface area contributed by atoms with Crippen molar-refractivity contribution < 1.29 is 4.79 Å². The van der Waals surface area contributed by atoms with Gasteiger partial charge in [-0.15, -0.1) is 0 Å². The van der Waals surface area contributed by atoms with Crippen molar-refractivity contribution in [2.75, 3.05) is 18.5 Å². The molecule has 4 heteroatoms. The van der Waals surface area contributed by atoms with Crippen LogP contribution < -0.4 is 16.4 Å². The van der Waals surface area contributed by atoms with E-state index in [4.69, 9.17) is 11.5 Å². The summed E-state index contributed by atoms with van der Waals surface area (Å²) in [5.74, 6) is -0.447. The fraction of sp³-hybridized carbons (Fsp3) is 0.417. The Hall–Kier alpha value is -1.55. The lowest BCUT2D eigenvalue weighted by atomic mass is 10.2. The highest BCUT2D eigenvalue weighted by atomic mass is 16.1. The highest BCUT2D eigenvalue weighted by molar-refractivity contribution is 5.79. The van der Waals surface area contributed by atoms with Crippen LogP contribution in [0.4, 0.5) is 5.69 Å².